The van der Waals surface area contributed by atoms with Crippen LogP contribution in [0.1, 0.15) is 20.3 Å². The summed E-state index contributed by atoms with van der Waals surface area (Å²) in [6.07, 6.45) is -5.04. The fraction of sp³-hybridized carbons (Fsp3) is 0.889. The Morgan fingerprint density at radius 1 is 1.31 bits per heavy atom. The maximum Gasteiger partial charge on any atom is 0.402 e. The highest BCUT2D eigenvalue weighted by Crippen LogP contribution is 2.29. The molecule has 0 aliphatic carbocycles. The third-order valence-electron chi connectivity index (χ3n) is 2.32. The Morgan fingerprint density at radius 2 is 1.75 bits per heavy atom. The van der Waals surface area contributed by atoms with Crippen LogP contribution in [0.3, 0.4) is 0 Å². The number of hydrogen-bond acceptors (Lipinski definition) is 2. The van der Waals surface area contributed by atoms with Gasteiger partial charge in [0, 0.05) is 0 Å². The van der Waals surface area contributed by atoms with Crippen LogP contribution in [0.25, 0.3) is 0 Å². The monoisotopic (exact) mass is 263 g/mol. The van der Waals surface area contributed by atoms with Crippen LogP contribution < -0.4 is 0 Å². The Morgan fingerprint density at radius 3 is 2.00 bits per heavy atom. The van der Waals surface area contributed by atoms with Crippen molar-refractivity contribution >= 4 is 18.4 Å². The molecule has 0 aromatic rings. The fourth-order valence-corrected chi connectivity index (χ4v) is 1.28. The number of carboxylic acids is 1. The molecular weight excluding hydrogens is 247 g/mol. The van der Waals surface area contributed by atoms with Gasteiger partial charge in [-0.3, -0.25) is 4.79 Å². The number of aliphatic carboxylic acids is 1. The predicted molar refractivity (Wildman–Crippen MR) is 56.8 cm³/mol. The van der Waals surface area contributed by atoms with E-state index < -0.39 is 18.1 Å². The van der Waals surface area contributed by atoms with E-state index in [4.69, 9.17) is 5.11 Å². The molecule has 0 aliphatic rings. The van der Waals surface area contributed by atoms with Crippen molar-refractivity contribution in [2.45, 2.75) is 26.4 Å². The van der Waals surface area contributed by atoms with Crippen molar-refractivity contribution < 1.29 is 23.1 Å². The van der Waals surface area contributed by atoms with Crippen LogP contribution in [0, 0.1) is 5.92 Å². The van der Waals surface area contributed by atoms with Gasteiger partial charge in [-0.25, -0.2) is 0 Å². The first kappa shape index (κ1) is 17.9. The van der Waals surface area contributed by atoms with Crippen LogP contribution in [0.15, 0.2) is 0 Å². The zero-order valence-corrected chi connectivity index (χ0v) is 10.1. The summed E-state index contributed by atoms with van der Waals surface area (Å²) in [6, 6.07) is 0. The molecule has 0 heterocycles. The lowest BCUT2D eigenvalue weighted by molar-refractivity contribution is -0.195. The summed E-state index contributed by atoms with van der Waals surface area (Å²) >= 11 is 0. The maximum atomic E-state index is 12.2. The summed E-state index contributed by atoms with van der Waals surface area (Å²) in [5.74, 6) is -4.05. The van der Waals surface area contributed by atoms with Gasteiger partial charge in [-0.1, -0.05) is 13.8 Å². The minimum atomic E-state index is -4.65. The Labute approximate surface area is 99.0 Å². The molecule has 0 aliphatic heterocycles. The van der Waals surface area contributed by atoms with Gasteiger partial charge in [0.25, 0.3) is 0 Å². The third-order valence-corrected chi connectivity index (χ3v) is 2.32. The van der Waals surface area contributed by atoms with E-state index in [2.05, 4.69) is 0 Å². The number of carbonyl (C=O) groups is 1. The zero-order valence-electron chi connectivity index (χ0n) is 9.25. The summed E-state index contributed by atoms with van der Waals surface area (Å²) in [6.45, 7) is 5.06. The van der Waals surface area contributed by atoms with E-state index in [0.717, 1.165) is 0 Å². The van der Waals surface area contributed by atoms with Crippen molar-refractivity contribution in [2.24, 2.45) is 5.92 Å². The normalized spacial score (nSPS) is 13.4. The molecule has 16 heavy (non-hydrogen) atoms. The third kappa shape index (κ3) is 6.17. The van der Waals surface area contributed by atoms with Crippen LogP contribution in [0.4, 0.5) is 13.2 Å². The van der Waals surface area contributed by atoms with Crippen molar-refractivity contribution in [3.63, 3.8) is 0 Å². The SMILES string of the molecule is CCN(CC)CC[C@H](C(=O)O)C(F)(F)F.Cl. The molecule has 0 spiro atoms. The highest BCUT2D eigenvalue weighted by atomic mass is 35.5. The number of halogens is 4. The van der Waals surface area contributed by atoms with Gasteiger partial charge in [-0.15, -0.1) is 12.4 Å². The molecule has 0 amide bonds. The molecular formula is C9H17ClF3NO2. The molecule has 0 aromatic heterocycles. The minimum absolute atomic E-state index is 0. The maximum absolute atomic E-state index is 12.2. The molecule has 0 unspecified atom stereocenters. The molecule has 0 fully saturated rings. The van der Waals surface area contributed by atoms with Crippen molar-refractivity contribution in [1.82, 2.24) is 4.90 Å². The summed E-state index contributed by atoms with van der Waals surface area (Å²) in [5.41, 5.74) is 0. The van der Waals surface area contributed by atoms with Gasteiger partial charge in [0.15, 0.2) is 5.92 Å². The Hall–Kier alpha value is -0.490. The van der Waals surface area contributed by atoms with E-state index in [-0.39, 0.29) is 25.4 Å². The number of hydrogen-bond donors (Lipinski definition) is 1. The number of carboxylic acid groups (broad SMARTS) is 1. The molecule has 3 nitrogen and oxygen atoms in total. The van der Waals surface area contributed by atoms with Crippen LogP contribution in [-0.4, -0.2) is 41.8 Å². The first-order chi connectivity index (χ1) is 6.82. The van der Waals surface area contributed by atoms with E-state index >= 15 is 0 Å². The summed E-state index contributed by atoms with van der Waals surface area (Å²) < 4.78 is 36.7. The molecule has 0 bridgehead atoms. The van der Waals surface area contributed by atoms with E-state index in [1.807, 2.05) is 13.8 Å². The van der Waals surface area contributed by atoms with Crippen LogP contribution in [-0.2, 0) is 4.79 Å². The quantitative estimate of drug-likeness (QED) is 0.800. The standard InChI is InChI=1S/C9H16F3NO2.ClH/c1-3-13(4-2)6-5-7(8(14)15)9(10,11)12;/h7H,3-6H2,1-2H3,(H,14,15);1H/t7-;/m1./s1. The molecule has 0 rings (SSSR count). The van der Waals surface area contributed by atoms with Gasteiger partial charge in [0.2, 0.25) is 0 Å². The second-order valence-corrected chi connectivity index (χ2v) is 3.25. The van der Waals surface area contributed by atoms with E-state index in [1.54, 1.807) is 4.90 Å². The molecule has 98 valence electrons. The van der Waals surface area contributed by atoms with Crippen LogP contribution >= 0.6 is 12.4 Å². The van der Waals surface area contributed by atoms with Crippen molar-refractivity contribution in [3.05, 3.63) is 0 Å². The van der Waals surface area contributed by atoms with Gasteiger partial charge in [-0.05, 0) is 26.1 Å². The highest BCUT2D eigenvalue weighted by Gasteiger charge is 2.44. The van der Waals surface area contributed by atoms with Crippen molar-refractivity contribution in [2.75, 3.05) is 19.6 Å². The van der Waals surface area contributed by atoms with E-state index in [0.29, 0.717) is 13.1 Å². The van der Waals surface area contributed by atoms with E-state index in [1.165, 1.54) is 0 Å². The second kappa shape index (κ2) is 7.73. The number of nitrogens with zero attached hydrogens (tertiary/aromatic N) is 1. The smallest absolute Gasteiger partial charge is 0.402 e. The van der Waals surface area contributed by atoms with E-state index in [9.17, 15) is 18.0 Å². The molecule has 0 saturated heterocycles. The molecule has 7 heteroatoms. The predicted octanol–water partition coefficient (Wildman–Crippen LogP) is 2.40. The molecule has 0 aromatic carbocycles. The Bertz CT molecular complexity index is 207. The molecule has 0 radical (unpaired) electrons. The number of rotatable bonds is 6. The average molecular weight is 264 g/mol. The summed E-state index contributed by atoms with van der Waals surface area (Å²) in [7, 11) is 0. The highest BCUT2D eigenvalue weighted by molar-refractivity contribution is 5.85. The van der Waals surface area contributed by atoms with Gasteiger partial charge in [0.05, 0.1) is 0 Å². The summed E-state index contributed by atoms with van der Waals surface area (Å²) in [4.78, 5) is 12.2. The lowest BCUT2D eigenvalue weighted by atomic mass is 10.1. The summed E-state index contributed by atoms with van der Waals surface area (Å²) in [5, 5.41) is 8.43. The van der Waals surface area contributed by atoms with Crippen LogP contribution in [0.5, 0.6) is 0 Å². The van der Waals surface area contributed by atoms with Crippen molar-refractivity contribution in [1.29, 1.82) is 0 Å². The largest absolute Gasteiger partial charge is 0.481 e. The molecule has 1 N–H and O–H groups in total. The molecule has 0 saturated carbocycles. The Kier molecular flexibility index (Phi) is 8.64. The molecule has 1 atom stereocenters. The average Bonchev–Trinajstić information content (AvgIpc) is 2.09. The first-order valence-electron chi connectivity index (χ1n) is 4.84. The number of alkyl halides is 3. The topological polar surface area (TPSA) is 40.5 Å². The van der Waals surface area contributed by atoms with Gasteiger partial charge < -0.3 is 10.0 Å². The van der Waals surface area contributed by atoms with Crippen molar-refractivity contribution in [3.8, 4) is 0 Å². The fourth-order valence-electron chi connectivity index (χ4n) is 1.28. The van der Waals surface area contributed by atoms with Gasteiger partial charge in [-0.2, -0.15) is 13.2 Å². The minimum Gasteiger partial charge on any atom is -0.481 e. The van der Waals surface area contributed by atoms with Gasteiger partial charge >= 0.3 is 12.1 Å². The lowest BCUT2D eigenvalue weighted by Crippen LogP contribution is -2.35. The lowest BCUT2D eigenvalue weighted by Gasteiger charge is -2.21. The second-order valence-electron chi connectivity index (χ2n) is 3.25. The first-order valence-corrected chi connectivity index (χ1v) is 4.84. The van der Waals surface area contributed by atoms with Crippen LogP contribution in [0.2, 0.25) is 0 Å². The zero-order chi connectivity index (χ0) is 12.1. The Balaban J connectivity index is 0. The van der Waals surface area contributed by atoms with Gasteiger partial charge in [0.1, 0.15) is 0 Å².